The second-order valence-electron chi connectivity index (χ2n) is 9.00. The van der Waals surface area contributed by atoms with Crippen LogP contribution in [0.25, 0.3) is 0 Å². The average molecular weight is 517 g/mol. The fourth-order valence-corrected chi connectivity index (χ4v) is 6.26. The predicted molar refractivity (Wildman–Crippen MR) is 135 cm³/mol. The molecule has 0 saturated carbocycles. The van der Waals surface area contributed by atoms with E-state index in [-0.39, 0.29) is 30.3 Å². The summed E-state index contributed by atoms with van der Waals surface area (Å²) < 4.78 is 0. The maximum absolute atomic E-state index is 14.2. The maximum atomic E-state index is 14.2. The van der Waals surface area contributed by atoms with Gasteiger partial charge in [0.2, 0.25) is 5.91 Å². The van der Waals surface area contributed by atoms with E-state index in [0.717, 1.165) is 16.1 Å². The van der Waals surface area contributed by atoms with Crippen molar-refractivity contribution in [3.63, 3.8) is 0 Å². The number of carbonyl (C=O) groups excluding carboxylic acids is 1. The molecule has 1 N–H and O–H groups in total. The normalized spacial score (nSPS) is 23.6. The third kappa shape index (κ3) is 4.85. The number of carboxylic acids is 1. The SMILES string of the molecule is CCC(c1nccs1)N1C(=O)C(C)(CC(=O)O)CC(c2cccc(Cl)c2)C1c1ccc(Cl)cc1. The van der Waals surface area contributed by atoms with Gasteiger partial charge in [0.15, 0.2) is 0 Å². The third-order valence-corrected chi connectivity index (χ3v) is 7.95. The number of halogens is 2. The molecule has 34 heavy (non-hydrogen) atoms. The number of carbonyl (C=O) groups is 2. The minimum Gasteiger partial charge on any atom is -0.481 e. The summed E-state index contributed by atoms with van der Waals surface area (Å²) in [6.45, 7) is 3.79. The zero-order valence-corrected chi connectivity index (χ0v) is 21.3. The standard InChI is InChI=1S/C26H26Cl2N2O3S/c1-3-21(24-29-11-12-34-24)30-23(16-7-9-18(27)10-8-16)20(17-5-4-6-19(28)13-17)14-26(2,25(30)33)15-22(31)32/h4-13,20-21,23H,3,14-15H2,1-2H3,(H,31,32). The summed E-state index contributed by atoms with van der Waals surface area (Å²) in [7, 11) is 0. The minimum atomic E-state index is -1.08. The van der Waals surface area contributed by atoms with Crippen molar-refractivity contribution in [3.8, 4) is 0 Å². The van der Waals surface area contributed by atoms with Crippen molar-refractivity contribution < 1.29 is 14.7 Å². The van der Waals surface area contributed by atoms with Gasteiger partial charge in [-0.3, -0.25) is 9.59 Å². The van der Waals surface area contributed by atoms with Crippen LogP contribution < -0.4 is 0 Å². The molecule has 2 aromatic carbocycles. The first-order chi connectivity index (χ1) is 16.2. The zero-order valence-electron chi connectivity index (χ0n) is 18.9. The molecule has 1 aliphatic rings. The van der Waals surface area contributed by atoms with Gasteiger partial charge in [0, 0.05) is 27.5 Å². The molecule has 1 saturated heterocycles. The van der Waals surface area contributed by atoms with E-state index in [9.17, 15) is 14.7 Å². The number of aromatic nitrogens is 1. The van der Waals surface area contributed by atoms with Gasteiger partial charge in [0.1, 0.15) is 5.01 Å². The van der Waals surface area contributed by atoms with Gasteiger partial charge >= 0.3 is 5.97 Å². The number of nitrogens with zero attached hydrogens (tertiary/aromatic N) is 2. The lowest BCUT2D eigenvalue weighted by Gasteiger charge is -2.51. The van der Waals surface area contributed by atoms with Gasteiger partial charge < -0.3 is 10.0 Å². The Morgan fingerprint density at radius 3 is 2.53 bits per heavy atom. The van der Waals surface area contributed by atoms with Crippen molar-refractivity contribution in [2.75, 3.05) is 0 Å². The molecule has 1 aromatic heterocycles. The highest BCUT2D eigenvalue weighted by molar-refractivity contribution is 7.09. The summed E-state index contributed by atoms with van der Waals surface area (Å²) in [4.78, 5) is 32.4. The third-order valence-electron chi connectivity index (χ3n) is 6.59. The van der Waals surface area contributed by atoms with Gasteiger partial charge in [-0.2, -0.15) is 0 Å². The first kappa shape index (κ1) is 24.7. The van der Waals surface area contributed by atoms with Crippen molar-refractivity contribution in [2.24, 2.45) is 5.41 Å². The lowest BCUT2D eigenvalue weighted by molar-refractivity contribution is -0.160. The molecule has 0 radical (unpaired) electrons. The molecule has 4 unspecified atom stereocenters. The fraction of sp³-hybridized carbons (Fsp3) is 0.346. The quantitative estimate of drug-likeness (QED) is 0.362. The van der Waals surface area contributed by atoms with Crippen LogP contribution in [-0.4, -0.2) is 26.9 Å². The molecule has 5 nitrogen and oxygen atoms in total. The first-order valence-electron chi connectivity index (χ1n) is 11.2. The highest BCUT2D eigenvalue weighted by atomic mass is 35.5. The number of aliphatic carboxylic acids is 1. The summed E-state index contributed by atoms with van der Waals surface area (Å²) in [5.74, 6) is -1.33. The lowest BCUT2D eigenvalue weighted by Crippen LogP contribution is -2.53. The fourth-order valence-electron chi connectivity index (χ4n) is 5.11. The molecule has 0 spiro atoms. The van der Waals surface area contributed by atoms with Crippen molar-refractivity contribution in [1.82, 2.24) is 9.88 Å². The Morgan fingerprint density at radius 2 is 1.94 bits per heavy atom. The van der Waals surface area contributed by atoms with E-state index in [1.54, 1.807) is 13.1 Å². The van der Waals surface area contributed by atoms with Crippen LogP contribution in [0.3, 0.4) is 0 Å². The molecule has 8 heteroatoms. The Labute approximate surface area is 213 Å². The molecule has 1 amide bonds. The molecule has 0 aliphatic carbocycles. The van der Waals surface area contributed by atoms with E-state index in [0.29, 0.717) is 22.9 Å². The number of rotatable bonds is 7. The summed E-state index contributed by atoms with van der Waals surface area (Å²) in [6.07, 6.45) is 2.52. The summed E-state index contributed by atoms with van der Waals surface area (Å²) >= 11 is 14.1. The van der Waals surface area contributed by atoms with Gasteiger partial charge in [-0.15, -0.1) is 11.3 Å². The second-order valence-corrected chi connectivity index (χ2v) is 10.8. The highest BCUT2D eigenvalue weighted by Crippen LogP contribution is 2.54. The lowest BCUT2D eigenvalue weighted by atomic mass is 9.67. The largest absolute Gasteiger partial charge is 0.481 e. The number of amides is 1. The number of hydrogen-bond acceptors (Lipinski definition) is 4. The average Bonchev–Trinajstić information content (AvgIpc) is 3.32. The Morgan fingerprint density at radius 1 is 1.21 bits per heavy atom. The van der Waals surface area contributed by atoms with Crippen LogP contribution in [0.4, 0.5) is 0 Å². The Bertz CT molecular complexity index is 1170. The molecular formula is C26H26Cl2N2O3S. The van der Waals surface area contributed by atoms with Crippen molar-refractivity contribution in [2.45, 2.75) is 51.1 Å². The van der Waals surface area contributed by atoms with Crippen molar-refractivity contribution >= 4 is 46.4 Å². The summed E-state index contributed by atoms with van der Waals surface area (Å²) in [6, 6.07) is 14.5. The van der Waals surface area contributed by atoms with Crippen molar-refractivity contribution in [1.29, 1.82) is 0 Å². The van der Waals surface area contributed by atoms with E-state index >= 15 is 0 Å². The van der Waals surface area contributed by atoms with Crippen LogP contribution in [0.1, 0.15) is 67.2 Å². The van der Waals surface area contributed by atoms with Gasteiger partial charge in [-0.05, 0) is 48.2 Å². The van der Waals surface area contributed by atoms with Gasteiger partial charge in [-0.25, -0.2) is 4.98 Å². The predicted octanol–water partition coefficient (Wildman–Crippen LogP) is 7.14. The molecule has 3 aromatic rings. The van der Waals surface area contributed by atoms with Crippen LogP contribution in [0, 0.1) is 5.41 Å². The minimum absolute atomic E-state index is 0.170. The molecule has 4 rings (SSSR count). The Kier molecular flexibility index (Phi) is 7.31. The molecule has 1 aliphatic heterocycles. The Hall–Kier alpha value is -2.41. The van der Waals surface area contributed by atoms with Crippen LogP contribution in [-0.2, 0) is 9.59 Å². The van der Waals surface area contributed by atoms with Crippen LogP contribution in [0.2, 0.25) is 10.0 Å². The number of thiazole rings is 1. The van der Waals surface area contributed by atoms with E-state index in [1.807, 2.05) is 65.7 Å². The number of hydrogen-bond donors (Lipinski definition) is 1. The van der Waals surface area contributed by atoms with Gasteiger partial charge in [-0.1, -0.05) is 61.3 Å². The van der Waals surface area contributed by atoms with Crippen LogP contribution in [0.15, 0.2) is 60.1 Å². The summed E-state index contributed by atoms with van der Waals surface area (Å²) in [5.41, 5.74) is 0.831. The van der Waals surface area contributed by atoms with E-state index < -0.39 is 11.4 Å². The van der Waals surface area contributed by atoms with Gasteiger partial charge in [0.25, 0.3) is 0 Å². The topological polar surface area (TPSA) is 70.5 Å². The molecular weight excluding hydrogens is 491 g/mol. The zero-order chi connectivity index (χ0) is 24.5. The molecule has 4 atom stereocenters. The smallest absolute Gasteiger partial charge is 0.304 e. The van der Waals surface area contributed by atoms with Gasteiger partial charge in [0.05, 0.1) is 23.9 Å². The second kappa shape index (κ2) is 10.1. The number of carboxylic acid groups (broad SMARTS) is 1. The molecule has 178 valence electrons. The van der Waals surface area contributed by atoms with Crippen LogP contribution >= 0.6 is 34.5 Å². The first-order valence-corrected chi connectivity index (χ1v) is 12.8. The molecule has 2 heterocycles. The Balaban J connectivity index is 1.94. The number of piperidine rings is 1. The van der Waals surface area contributed by atoms with E-state index in [2.05, 4.69) is 4.98 Å². The molecule has 1 fully saturated rings. The highest BCUT2D eigenvalue weighted by Gasteiger charge is 2.52. The van der Waals surface area contributed by atoms with Crippen LogP contribution in [0.5, 0.6) is 0 Å². The monoisotopic (exact) mass is 516 g/mol. The number of benzene rings is 2. The number of likely N-dealkylation sites (tertiary alicyclic amines) is 1. The van der Waals surface area contributed by atoms with Crippen molar-refractivity contribution in [3.05, 3.63) is 86.3 Å². The maximum Gasteiger partial charge on any atom is 0.304 e. The molecule has 0 bridgehead atoms. The van der Waals surface area contributed by atoms with E-state index in [1.165, 1.54) is 11.3 Å². The van der Waals surface area contributed by atoms with E-state index in [4.69, 9.17) is 23.2 Å². The summed E-state index contributed by atoms with van der Waals surface area (Å²) in [5, 5.41) is 13.7.